The summed E-state index contributed by atoms with van der Waals surface area (Å²) in [5, 5.41) is 8.02. The minimum atomic E-state index is -0.345. The molecule has 0 fully saturated rings. The van der Waals surface area contributed by atoms with Gasteiger partial charge in [-0.05, 0) is 36.4 Å². The lowest BCUT2D eigenvalue weighted by atomic mass is 10.0. The molecular formula is C23H18N4O. The average molecular weight is 366 g/mol. The maximum absolute atomic E-state index is 13.3. The van der Waals surface area contributed by atoms with Crippen molar-refractivity contribution in [3.05, 3.63) is 108 Å². The second-order valence-corrected chi connectivity index (χ2v) is 6.66. The van der Waals surface area contributed by atoms with Crippen molar-refractivity contribution in [1.82, 2.24) is 9.78 Å². The zero-order valence-electron chi connectivity index (χ0n) is 15.1. The molecule has 3 aromatic carbocycles. The van der Waals surface area contributed by atoms with Crippen LogP contribution in [0.15, 0.2) is 97.3 Å². The summed E-state index contributed by atoms with van der Waals surface area (Å²) in [6.07, 6.45) is 3.42. The van der Waals surface area contributed by atoms with Crippen LogP contribution in [0.1, 0.15) is 22.1 Å². The summed E-state index contributed by atoms with van der Waals surface area (Å²) >= 11 is 0. The van der Waals surface area contributed by atoms with Crippen molar-refractivity contribution in [3.63, 3.8) is 0 Å². The van der Waals surface area contributed by atoms with Gasteiger partial charge in [0.2, 0.25) is 0 Å². The SMILES string of the molecule is O=C1c2ccccc2N[C@H](c2cnn(-c3ccccc3)c2)N1c1ccccc1. The van der Waals surface area contributed by atoms with E-state index in [1.807, 2.05) is 102 Å². The van der Waals surface area contributed by atoms with Gasteiger partial charge < -0.3 is 5.32 Å². The van der Waals surface area contributed by atoms with Gasteiger partial charge in [0, 0.05) is 23.1 Å². The number of benzene rings is 3. The Kier molecular flexibility index (Phi) is 3.91. The quantitative estimate of drug-likeness (QED) is 0.574. The molecule has 2 heterocycles. The third kappa shape index (κ3) is 2.74. The van der Waals surface area contributed by atoms with Crippen LogP contribution in [0.2, 0.25) is 0 Å². The zero-order chi connectivity index (χ0) is 18.9. The number of nitrogens with one attached hydrogen (secondary N) is 1. The van der Waals surface area contributed by atoms with E-state index in [-0.39, 0.29) is 12.1 Å². The number of hydrogen-bond acceptors (Lipinski definition) is 3. The molecule has 4 aromatic rings. The van der Waals surface area contributed by atoms with Gasteiger partial charge in [0.05, 0.1) is 17.4 Å². The predicted octanol–water partition coefficient (Wildman–Crippen LogP) is 4.64. The summed E-state index contributed by atoms with van der Waals surface area (Å²) in [6, 6.07) is 27.3. The number of para-hydroxylation sites is 3. The van der Waals surface area contributed by atoms with Crippen LogP contribution in [-0.4, -0.2) is 15.7 Å². The van der Waals surface area contributed by atoms with Crippen LogP contribution in [0, 0.1) is 0 Å². The molecular weight excluding hydrogens is 348 g/mol. The number of carbonyl (C=O) groups excluding carboxylic acids is 1. The topological polar surface area (TPSA) is 50.2 Å². The molecule has 5 nitrogen and oxygen atoms in total. The standard InChI is InChI=1S/C23H18N4O/c28-23-20-13-7-8-14-21(20)25-22(27(23)19-11-5-2-6-12-19)17-15-24-26(16-17)18-9-3-1-4-10-18/h1-16,22,25H/t22-/m0/s1. The molecule has 0 saturated carbocycles. The van der Waals surface area contributed by atoms with Crippen molar-refractivity contribution in [1.29, 1.82) is 0 Å². The fourth-order valence-corrected chi connectivity index (χ4v) is 3.54. The van der Waals surface area contributed by atoms with Crippen molar-refractivity contribution < 1.29 is 4.79 Å². The van der Waals surface area contributed by atoms with Gasteiger partial charge in [0.25, 0.3) is 5.91 Å². The number of hydrogen-bond donors (Lipinski definition) is 1. The van der Waals surface area contributed by atoms with Crippen molar-refractivity contribution >= 4 is 17.3 Å². The van der Waals surface area contributed by atoms with Gasteiger partial charge in [-0.15, -0.1) is 0 Å². The van der Waals surface area contributed by atoms with Gasteiger partial charge in [0.1, 0.15) is 6.17 Å². The molecule has 0 unspecified atom stereocenters. The van der Waals surface area contributed by atoms with E-state index in [9.17, 15) is 4.79 Å². The molecule has 1 aliphatic rings. The van der Waals surface area contributed by atoms with Crippen molar-refractivity contribution in [2.24, 2.45) is 0 Å². The molecule has 1 amide bonds. The second-order valence-electron chi connectivity index (χ2n) is 6.66. The number of carbonyl (C=O) groups is 1. The fraction of sp³-hybridized carbons (Fsp3) is 0.0435. The number of aromatic nitrogens is 2. The van der Waals surface area contributed by atoms with E-state index in [1.54, 1.807) is 4.90 Å². The van der Waals surface area contributed by atoms with Crippen LogP contribution in [0.4, 0.5) is 11.4 Å². The first-order chi connectivity index (χ1) is 13.8. The monoisotopic (exact) mass is 366 g/mol. The van der Waals surface area contributed by atoms with Gasteiger partial charge in [-0.3, -0.25) is 9.69 Å². The number of rotatable bonds is 3. The van der Waals surface area contributed by atoms with Crippen LogP contribution < -0.4 is 10.2 Å². The molecule has 0 radical (unpaired) electrons. The van der Waals surface area contributed by atoms with Crippen LogP contribution in [0.25, 0.3) is 5.69 Å². The lowest BCUT2D eigenvalue weighted by Gasteiger charge is -2.37. The van der Waals surface area contributed by atoms with Crippen LogP contribution in [0.3, 0.4) is 0 Å². The summed E-state index contributed by atoms with van der Waals surface area (Å²) in [5.41, 5.74) is 4.22. The number of anilines is 2. The average Bonchev–Trinajstić information content (AvgIpc) is 3.25. The highest BCUT2D eigenvalue weighted by atomic mass is 16.2. The number of amides is 1. The summed E-state index contributed by atoms with van der Waals surface area (Å²) in [4.78, 5) is 15.1. The molecule has 1 aliphatic heterocycles. The van der Waals surface area contributed by atoms with E-state index in [0.29, 0.717) is 5.56 Å². The van der Waals surface area contributed by atoms with Crippen molar-refractivity contribution in [2.75, 3.05) is 10.2 Å². The lowest BCUT2D eigenvalue weighted by molar-refractivity contribution is 0.0975. The van der Waals surface area contributed by atoms with Gasteiger partial charge in [-0.2, -0.15) is 5.10 Å². The van der Waals surface area contributed by atoms with Crippen LogP contribution in [0.5, 0.6) is 0 Å². The Hall–Kier alpha value is -3.86. The number of fused-ring (bicyclic) bond motifs is 1. The molecule has 0 spiro atoms. The van der Waals surface area contributed by atoms with Gasteiger partial charge in [-0.1, -0.05) is 48.5 Å². The minimum absolute atomic E-state index is 0.0296. The predicted molar refractivity (Wildman–Crippen MR) is 110 cm³/mol. The molecule has 0 bridgehead atoms. The summed E-state index contributed by atoms with van der Waals surface area (Å²) < 4.78 is 1.82. The second kappa shape index (κ2) is 6.70. The molecule has 0 saturated heterocycles. The summed E-state index contributed by atoms with van der Waals surface area (Å²) in [5.74, 6) is -0.0296. The molecule has 1 aromatic heterocycles. The van der Waals surface area contributed by atoms with Gasteiger partial charge in [0.15, 0.2) is 0 Å². The Morgan fingerprint density at radius 3 is 2.18 bits per heavy atom. The maximum atomic E-state index is 13.3. The third-order valence-electron chi connectivity index (χ3n) is 4.90. The molecule has 1 N–H and O–H groups in total. The highest BCUT2D eigenvalue weighted by Crippen LogP contribution is 2.36. The van der Waals surface area contributed by atoms with E-state index in [1.165, 1.54) is 0 Å². The van der Waals surface area contributed by atoms with E-state index >= 15 is 0 Å². The summed E-state index contributed by atoms with van der Waals surface area (Å²) in [6.45, 7) is 0. The lowest BCUT2D eigenvalue weighted by Crippen LogP contribution is -2.43. The van der Waals surface area contributed by atoms with Crippen molar-refractivity contribution in [3.8, 4) is 5.69 Å². The van der Waals surface area contributed by atoms with E-state index < -0.39 is 0 Å². The fourth-order valence-electron chi connectivity index (χ4n) is 3.54. The van der Waals surface area contributed by atoms with E-state index in [0.717, 1.165) is 22.6 Å². The van der Waals surface area contributed by atoms with E-state index in [4.69, 9.17) is 0 Å². The number of nitrogens with zero attached hydrogens (tertiary/aromatic N) is 3. The Morgan fingerprint density at radius 2 is 1.43 bits per heavy atom. The Labute approximate surface area is 162 Å². The Balaban J connectivity index is 1.60. The third-order valence-corrected chi connectivity index (χ3v) is 4.90. The molecule has 5 heteroatoms. The molecule has 136 valence electrons. The molecule has 1 atom stereocenters. The smallest absolute Gasteiger partial charge is 0.262 e. The van der Waals surface area contributed by atoms with E-state index in [2.05, 4.69) is 10.4 Å². The minimum Gasteiger partial charge on any atom is -0.360 e. The first-order valence-electron chi connectivity index (χ1n) is 9.15. The zero-order valence-corrected chi connectivity index (χ0v) is 15.1. The highest BCUT2D eigenvalue weighted by molar-refractivity contribution is 6.12. The van der Waals surface area contributed by atoms with Gasteiger partial charge >= 0.3 is 0 Å². The summed E-state index contributed by atoms with van der Waals surface area (Å²) in [7, 11) is 0. The normalized spacial score (nSPS) is 15.8. The maximum Gasteiger partial charge on any atom is 0.262 e. The first kappa shape index (κ1) is 16.3. The largest absolute Gasteiger partial charge is 0.360 e. The van der Waals surface area contributed by atoms with Gasteiger partial charge in [-0.25, -0.2) is 4.68 Å². The van der Waals surface area contributed by atoms with Crippen LogP contribution >= 0.6 is 0 Å². The molecule has 0 aliphatic carbocycles. The Bertz CT molecular complexity index is 1120. The molecule has 5 rings (SSSR count). The highest BCUT2D eigenvalue weighted by Gasteiger charge is 2.34. The Morgan fingerprint density at radius 1 is 0.786 bits per heavy atom. The first-order valence-corrected chi connectivity index (χ1v) is 9.15. The molecule has 28 heavy (non-hydrogen) atoms. The van der Waals surface area contributed by atoms with Crippen LogP contribution in [-0.2, 0) is 0 Å². The van der Waals surface area contributed by atoms with Crippen molar-refractivity contribution in [2.45, 2.75) is 6.17 Å².